The number of anilines is 6. The first-order valence-electron chi connectivity index (χ1n) is 23.5. The zero-order valence-electron chi connectivity index (χ0n) is 40.7. The van der Waals surface area contributed by atoms with Crippen LogP contribution in [0.1, 0.15) is 105 Å². The fraction of sp³-hybridized carbons (Fsp3) is 0.258. The second kappa shape index (κ2) is 15.9. The summed E-state index contributed by atoms with van der Waals surface area (Å²) in [6.07, 6.45) is 0. The van der Waals surface area contributed by atoms with Crippen LogP contribution in [0.5, 0.6) is 0 Å². The summed E-state index contributed by atoms with van der Waals surface area (Å²) in [5, 5.41) is 7.75. The van der Waals surface area contributed by atoms with E-state index in [1.54, 1.807) is 0 Å². The van der Waals surface area contributed by atoms with Gasteiger partial charge in [-0.1, -0.05) is 132 Å². The number of nitrogens with zero attached hydrogens (tertiary/aromatic N) is 2. The molecule has 2 heterocycles. The van der Waals surface area contributed by atoms with E-state index in [-0.39, 0.29) is 21.7 Å². The molecule has 0 bridgehead atoms. The van der Waals surface area contributed by atoms with E-state index >= 15 is 0 Å². The summed E-state index contributed by atoms with van der Waals surface area (Å²) in [4.78, 5) is 4.84. The summed E-state index contributed by atoms with van der Waals surface area (Å²) in [6, 6.07) is 60.4. The van der Waals surface area contributed by atoms with E-state index in [1.165, 1.54) is 73.4 Å². The first kappa shape index (κ1) is 43.9. The molecule has 0 aliphatic carbocycles. The van der Waals surface area contributed by atoms with Crippen molar-refractivity contribution >= 4 is 108 Å². The molecule has 0 saturated carbocycles. The average molecular weight is 899 g/mol. The lowest BCUT2D eigenvalue weighted by Gasteiger charge is -2.28. The summed E-state index contributed by atoms with van der Waals surface area (Å²) in [5.74, 6) is 0. The molecule has 0 aliphatic heterocycles. The fourth-order valence-corrected chi connectivity index (χ4v) is 11.6. The Kier molecular flexibility index (Phi) is 10.6. The second-order valence-corrected chi connectivity index (χ2v) is 24.6. The second-order valence-electron chi connectivity index (χ2n) is 22.5. The van der Waals surface area contributed by atoms with Crippen LogP contribution in [0.2, 0.25) is 0 Å². The van der Waals surface area contributed by atoms with Crippen LogP contribution in [0.25, 0.3) is 51.1 Å². The summed E-state index contributed by atoms with van der Waals surface area (Å²) in [7, 11) is 0. The average Bonchev–Trinajstić information content (AvgIpc) is 3.80. The van der Waals surface area contributed by atoms with Crippen molar-refractivity contribution in [2.24, 2.45) is 0 Å². The molecule has 0 aliphatic rings. The Labute approximate surface area is 400 Å². The van der Waals surface area contributed by atoms with Gasteiger partial charge in [0.15, 0.2) is 0 Å². The largest absolute Gasteiger partial charge is 0.310 e. The predicted molar refractivity (Wildman–Crippen MR) is 294 cm³/mol. The van der Waals surface area contributed by atoms with Gasteiger partial charge in [0.2, 0.25) is 0 Å². The molecule has 66 heavy (non-hydrogen) atoms. The lowest BCUT2D eigenvalue weighted by atomic mass is 9.86. The van der Waals surface area contributed by atoms with Crippen molar-refractivity contribution < 1.29 is 0 Å². The van der Waals surface area contributed by atoms with Crippen LogP contribution < -0.4 is 9.80 Å². The van der Waals surface area contributed by atoms with Crippen molar-refractivity contribution in [1.82, 2.24) is 0 Å². The van der Waals surface area contributed by atoms with Gasteiger partial charge in [0, 0.05) is 74.5 Å². The number of rotatable bonds is 6. The van der Waals surface area contributed by atoms with Crippen molar-refractivity contribution in [2.45, 2.75) is 105 Å². The minimum absolute atomic E-state index is 0.0797. The lowest BCUT2D eigenvalue weighted by molar-refractivity contribution is 0.590. The topological polar surface area (TPSA) is 6.48 Å². The number of benzene rings is 8. The van der Waals surface area contributed by atoms with Gasteiger partial charge in [0.05, 0.1) is 0 Å². The van der Waals surface area contributed by atoms with E-state index in [2.05, 4.69) is 251 Å². The SMILES string of the molecule is CC(C)(C)c1ccc(N(c2ccc(C(C)(C)C)cc2)c2ccc3sc4cc5cc6sc7ccc(N(c8ccc(C(C)(C)C)cc8)c8ccc(C(C)(C)C)cc8)cc7c6cc5cc4c3c2)cc1. The predicted octanol–water partition coefficient (Wildman–Crippen LogP) is 19.7. The molecule has 0 saturated heterocycles. The number of hydrogen-bond acceptors (Lipinski definition) is 4. The Bertz CT molecular complexity index is 3070. The molecule has 0 N–H and O–H groups in total. The quantitative estimate of drug-likeness (QED) is 0.164. The highest BCUT2D eigenvalue weighted by molar-refractivity contribution is 7.26. The van der Waals surface area contributed by atoms with Gasteiger partial charge in [0.25, 0.3) is 0 Å². The highest BCUT2D eigenvalue weighted by Crippen LogP contribution is 2.46. The Morgan fingerprint density at radius 3 is 0.773 bits per heavy atom. The number of thiophene rings is 2. The molecule has 0 amide bonds. The third kappa shape index (κ3) is 8.18. The molecule has 0 atom stereocenters. The fourth-order valence-electron chi connectivity index (χ4n) is 9.38. The monoisotopic (exact) mass is 898 g/mol. The molecule has 332 valence electrons. The van der Waals surface area contributed by atoms with Crippen LogP contribution in [-0.4, -0.2) is 0 Å². The van der Waals surface area contributed by atoms with Gasteiger partial charge in [-0.3, -0.25) is 0 Å². The first-order chi connectivity index (χ1) is 31.2. The van der Waals surface area contributed by atoms with Gasteiger partial charge in [-0.2, -0.15) is 0 Å². The smallest absolute Gasteiger partial charge is 0.0468 e. The van der Waals surface area contributed by atoms with Crippen LogP contribution in [0.3, 0.4) is 0 Å². The molecule has 8 aromatic carbocycles. The van der Waals surface area contributed by atoms with Gasteiger partial charge in [-0.05, 0) is 164 Å². The highest BCUT2D eigenvalue weighted by atomic mass is 32.1. The molecule has 10 aromatic rings. The van der Waals surface area contributed by atoms with Crippen molar-refractivity contribution in [3.8, 4) is 0 Å². The molecule has 0 fully saturated rings. The minimum Gasteiger partial charge on any atom is -0.310 e. The molecule has 0 unspecified atom stereocenters. The van der Waals surface area contributed by atoms with Crippen LogP contribution >= 0.6 is 22.7 Å². The Morgan fingerprint density at radius 2 is 0.500 bits per heavy atom. The molecule has 0 radical (unpaired) electrons. The molecular formula is C62H62N2S2. The number of fused-ring (bicyclic) bond motifs is 7. The molecule has 2 nitrogen and oxygen atoms in total. The maximum Gasteiger partial charge on any atom is 0.0468 e. The van der Waals surface area contributed by atoms with E-state index in [9.17, 15) is 0 Å². The molecular weight excluding hydrogens is 837 g/mol. The van der Waals surface area contributed by atoms with Gasteiger partial charge >= 0.3 is 0 Å². The minimum atomic E-state index is 0.0797. The Morgan fingerprint density at radius 1 is 0.258 bits per heavy atom. The van der Waals surface area contributed by atoms with E-state index in [0.29, 0.717) is 0 Å². The molecule has 0 spiro atoms. The molecule has 2 aromatic heterocycles. The zero-order chi connectivity index (χ0) is 46.5. The number of hydrogen-bond donors (Lipinski definition) is 0. The molecule has 4 heteroatoms. The van der Waals surface area contributed by atoms with Gasteiger partial charge in [0.1, 0.15) is 0 Å². The summed E-state index contributed by atoms with van der Waals surface area (Å²) < 4.78 is 5.24. The maximum absolute atomic E-state index is 2.44. The maximum atomic E-state index is 2.44. The zero-order valence-corrected chi connectivity index (χ0v) is 42.4. The van der Waals surface area contributed by atoms with E-state index < -0.39 is 0 Å². The van der Waals surface area contributed by atoms with E-state index in [1.807, 2.05) is 22.7 Å². The summed E-state index contributed by atoms with van der Waals surface area (Å²) in [5.41, 5.74) is 12.6. The van der Waals surface area contributed by atoms with Crippen molar-refractivity contribution in [2.75, 3.05) is 9.80 Å². The third-order valence-electron chi connectivity index (χ3n) is 13.5. The normalized spacial score (nSPS) is 12.8. The summed E-state index contributed by atoms with van der Waals surface area (Å²) in [6.45, 7) is 27.4. The standard InChI is InChI=1S/C62H62N2S2/c1-59(2,3)41-13-21-45(22-14-41)63(46-23-15-42(16-24-46)60(4,5)6)49-29-31-55-53(37-49)51-33-39-34-52-54-38-50(30-32-56(54)66-58(52)36-40(39)35-57(51)65-55)64(47-25-17-43(18-26-47)61(7,8)9)48-27-19-44(20-28-48)62(10,11)12/h13-38H,1-12H3. The van der Waals surface area contributed by atoms with Crippen molar-refractivity contribution in [3.05, 3.63) is 180 Å². The van der Waals surface area contributed by atoms with Crippen LogP contribution in [0.4, 0.5) is 34.1 Å². The van der Waals surface area contributed by atoms with Crippen molar-refractivity contribution in [3.63, 3.8) is 0 Å². The Hall–Kier alpha value is -5.94. The van der Waals surface area contributed by atoms with E-state index in [4.69, 9.17) is 0 Å². The van der Waals surface area contributed by atoms with Gasteiger partial charge < -0.3 is 9.80 Å². The third-order valence-corrected chi connectivity index (χ3v) is 15.7. The highest BCUT2D eigenvalue weighted by Gasteiger charge is 2.22. The van der Waals surface area contributed by atoms with Crippen LogP contribution in [-0.2, 0) is 21.7 Å². The lowest BCUT2D eigenvalue weighted by Crippen LogP contribution is -2.14. The van der Waals surface area contributed by atoms with Crippen LogP contribution in [0.15, 0.2) is 158 Å². The van der Waals surface area contributed by atoms with E-state index in [0.717, 1.165) is 34.1 Å². The van der Waals surface area contributed by atoms with Crippen molar-refractivity contribution in [1.29, 1.82) is 0 Å². The molecule has 10 rings (SSSR count). The first-order valence-corrected chi connectivity index (χ1v) is 25.1. The Balaban J connectivity index is 1.09. The van der Waals surface area contributed by atoms with Gasteiger partial charge in [-0.25, -0.2) is 0 Å². The van der Waals surface area contributed by atoms with Gasteiger partial charge in [-0.15, -0.1) is 22.7 Å². The van der Waals surface area contributed by atoms with Crippen LogP contribution in [0, 0.1) is 0 Å². The summed E-state index contributed by atoms with van der Waals surface area (Å²) >= 11 is 3.79.